The summed E-state index contributed by atoms with van der Waals surface area (Å²) in [6.45, 7) is 4.56. The second-order valence-electron chi connectivity index (χ2n) is 6.02. The summed E-state index contributed by atoms with van der Waals surface area (Å²) in [7, 11) is 0. The molecule has 2 aromatic rings. The van der Waals surface area contributed by atoms with Crippen molar-refractivity contribution >= 4 is 29.2 Å². The Balaban J connectivity index is 2.61. The highest BCUT2D eigenvalue weighted by Crippen LogP contribution is 2.24. The highest BCUT2D eigenvalue weighted by atomic mass is 32.2. The summed E-state index contributed by atoms with van der Waals surface area (Å²) >= 11 is 1.35. The first kappa shape index (κ1) is 20.8. The van der Waals surface area contributed by atoms with E-state index in [1.807, 2.05) is 20.1 Å². The Hall–Kier alpha value is -2.55. The molecule has 0 unspecified atom stereocenters. The molecule has 146 valence electrons. The molecule has 0 fully saturated rings. The summed E-state index contributed by atoms with van der Waals surface area (Å²) in [5, 5.41) is 0.568. The third-order valence-corrected chi connectivity index (χ3v) is 4.82. The smallest absolute Gasteiger partial charge is 0.330 e. The summed E-state index contributed by atoms with van der Waals surface area (Å²) in [4.78, 5) is 45.7. The number of nitrogen functional groups attached to an aromatic ring is 1. The van der Waals surface area contributed by atoms with Gasteiger partial charge < -0.3 is 10.6 Å². The fourth-order valence-electron chi connectivity index (χ4n) is 2.78. The third kappa shape index (κ3) is 4.41. The van der Waals surface area contributed by atoms with Crippen LogP contribution in [0, 0.1) is 0 Å². The van der Waals surface area contributed by atoms with Crippen molar-refractivity contribution in [1.82, 2.24) is 14.5 Å². The van der Waals surface area contributed by atoms with Gasteiger partial charge in [-0.1, -0.05) is 20.3 Å². The Kier molecular flexibility index (Phi) is 7.23. The molecular formula is C18H25N5O3S. The maximum Gasteiger partial charge on any atom is 0.330 e. The van der Waals surface area contributed by atoms with E-state index in [9.17, 15) is 14.4 Å². The van der Waals surface area contributed by atoms with Crippen LogP contribution in [0.1, 0.15) is 43.5 Å². The van der Waals surface area contributed by atoms with Crippen LogP contribution in [0.15, 0.2) is 32.9 Å². The molecule has 0 saturated carbocycles. The zero-order valence-electron chi connectivity index (χ0n) is 15.8. The van der Waals surface area contributed by atoms with E-state index in [4.69, 9.17) is 5.73 Å². The van der Waals surface area contributed by atoms with Gasteiger partial charge in [0.1, 0.15) is 10.8 Å². The van der Waals surface area contributed by atoms with Gasteiger partial charge in [-0.15, -0.1) is 11.8 Å². The Morgan fingerprint density at radius 3 is 2.70 bits per heavy atom. The lowest BCUT2D eigenvalue weighted by molar-refractivity contribution is 0.0983. The molecule has 0 aliphatic carbocycles. The van der Waals surface area contributed by atoms with Gasteiger partial charge in [0.25, 0.3) is 11.5 Å². The molecule has 27 heavy (non-hydrogen) atoms. The first-order chi connectivity index (χ1) is 13.0. The van der Waals surface area contributed by atoms with E-state index in [1.54, 1.807) is 18.3 Å². The molecule has 3 N–H and O–H groups in total. The molecule has 0 aliphatic rings. The summed E-state index contributed by atoms with van der Waals surface area (Å²) in [5.74, 6) is -0.360. The molecule has 2 aromatic heterocycles. The fraction of sp³-hybridized carbons (Fsp3) is 0.444. The first-order valence-electron chi connectivity index (χ1n) is 8.89. The van der Waals surface area contributed by atoms with Crippen molar-refractivity contribution in [2.24, 2.45) is 0 Å². The number of carbonyl (C=O) groups is 1. The Morgan fingerprint density at radius 2 is 2.07 bits per heavy atom. The lowest BCUT2D eigenvalue weighted by atomic mass is 10.2. The second kappa shape index (κ2) is 9.40. The van der Waals surface area contributed by atoms with E-state index < -0.39 is 11.2 Å². The molecule has 0 spiro atoms. The number of rotatable bonds is 8. The van der Waals surface area contributed by atoms with Crippen molar-refractivity contribution in [1.29, 1.82) is 0 Å². The van der Waals surface area contributed by atoms with Crippen LogP contribution in [-0.2, 0) is 6.54 Å². The molecule has 0 aromatic carbocycles. The number of nitrogens with two attached hydrogens (primary N) is 1. The molecule has 8 nitrogen and oxygen atoms in total. The van der Waals surface area contributed by atoms with Crippen molar-refractivity contribution < 1.29 is 4.79 Å². The maximum atomic E-state index is 13.2. The quantitative estimate of drug-likeness (QED) is 0.666. The molecule has 1 amide bonds. The number of hydrogen-bond acceptors (Lipinski definition) is 6. The van der Waals surface area contributed by atoms with E-state index in [0.717, 1.165) is 12.8 Å². The minimum absolute atomic E-state index is 0.00783. The van der Waals surface area contributed by atoms with E-state index in [-0.39, 0.29) is 17.4 Å². The molecule has 0 saturated heterocycles. The van der Waals surface area contributed by atoms with Crippen LogP contribution in [-0.4, -0.2) is 33.2 Å². The van der Waals surface area contributed by atoms with Crippen LogP contribution >= 0.6 is 11.8 Å². The predicted octanol–water partition coefficient (Wildman–Crippen LogP) is 2.09. The number of anilines is 2. The van der Waals surface area contributed by atoms with Crippen molar-refractivity contribution in [3.05, 3.63) is 44.7 Å². The summed E-state index contributed by atoms with van der Waals surface area (Å²) < 4.78 is 1.31. The topological polar surface area (TPSA) is 114 Å². The monoisotopic (exact) mass is 391 g/mol. The Morgan fingerprint density at radius 1 is 1.33 bits per heavy atom. The van der Waals surface area contributed by atoms with Gasteiger partial charge in [-0.25, -0.2) is 9.78 Å². The number of aromatic amines is 1. The van der Waals surface area contributed by atoms with Crippen LogP contribution in [0.2, 0.25) is 0 Å². The first-order valence-corrected chi connectivity index (χ1v) is 10.1. The van der Waals surface area contributed by atoms with E-state index >= 15 is 0 Å². The number of nitrogens with zero attached hydrogens (tertiary/aromatic N) is 3. The molecule has 2 rings (SSSR count). The largest absolute Gasteiger partial charge is 0.383 e. The van der Waals surface area contributed by atoms with Crippen molar-refractivity contribution in [2.45, 2.75) is 44.7 Å². The number of pyridine rings is 1. The number of thioether (sulfide) groups is 1. The molecule has 0 aliphatic heterocycles. The van der Waals surface area contributed by atoms with Gasteiger partial charge >= 0.3 is 5.69 Å². The van der Waals surface area contributed by atoms with Gasteiger partial charge in [-0.3, -0.25) is 19.1 Å². The third-order valence-electron chi connectivity index (χ3n) is 4.11. The fourth-order valence-corrected chi connectivity index (χ4v) is 3.32. The zero-order chi connectivity index (χ0) is 20.0. The molecule has 0 bridgehead atoms. The molecule has 9 heteroatoms. The van der Waals surface area contributed by atoms with Crippen LogP contribution in [0.4, 0.5) is 11.5 Å². The van der Waals surface area contributed by atoms with Gasteiger partial charge in [-0.2, -0.15) is 0 Å². The predicted molar refractivity (Wildman–Crippen MR) is 109 cm³/mol. The number of hydrogen-bond donors (Lipinski definition) is 2. The SMILES string of the molecule is CCCCn1c(N)c(N(CCC)C(=O)c2cccnc2SC)c(=O)[nH]c1=O. The number of unbranched alkanes of at least 4 members (excludes halogenated alkanes) is 1. The number of H-pyrrole nitrogens is 1. The minimum Gasteiger partial charge on any atom is -0.383 e. The van der Waals surface area contributed by atoms with Crippen LogP contribution in [0.3, 0.4) is 0 Å². The van der Waals surface area contributed by atoms with E-state index in [2.05, 4.69) is 9.97 Å². The zero-order valence-corrected chi connectivity index (χ0v) is 16.6. The highest BCUT2D eigenvalue weighted by molar-refractivity contribution is 7.98. The summed E-state index contributed by atoms with van der Waals surface area (Å²) in [6, 6.07) is 3.34. The van der Waals surface area contributed by atoms with Gasteiger partial charge in [0.2, 0.25) is 0 Å². The number of nitrogens with one attached hydrogen (secondary N) is 1. The summed E-state index contributed by atoms with van der Waals surface area (Å²) in [5.41, 5.74) is 5.34. The lowest BCUT2D eigenvalue weighted by Crippen LogP contribution is -2.41. The number of carbonyl (C=O) groups excluding carboxylic acids is 1. The molecule has 2 heterocycles. The number of aromatic nitrogens is 3. The molecule has 0 radical (unpaired) electrons. The lowest BCUT2D eigenvalue weighted by Gasteiger charge is -2.24. The highest BCUT2D eigenvalue weighted by Gasteiger charge is 2.26. The van der Waals surface area contributed by atoms with Crippen LogP contribution in [0.25, 0.3) is 0 Å². The summed E-state index contributed by atoms with van der Waals surface area (Å²) in [6.07, 6.45) is 5.66. The normalized spacial score (nSPS) is 10.8. The van der Waals surface area contributed by atoms with Gasteiger partial charge in [-0.05, 0) is 31.2 Å². The van der Waals surface area contributed by atoms with Gasteiger partial charge in [0.05, 0.1) is 5.56 Å². The van der Waals surface area contributed by atoms with Crippen molar-refractivity contribution in [3.8, 4) is 0 Å². The van der Waals surface area contributed by atoms with Crippen molar-refractivity contribution in [2.75, 3.05) is 23.4 Å². The Labute approximate surface area is 161 Å². The number of amides is 1. The second-order valence-corrected chi connectivity index (χ2v) is 6.81. The molecule has 0 atom stereocenters. The van der Waals surface area contributed by atoms with Crippen LogP contribution in [0.5, 0.6) is 0 Å². The van der Waals surface area contributed by atoms with Crippen molar-refractivity contribution in [3.63, 3.8) is 0 Å². The van der Waals surface area contributed by atoms with Gasteiger partial charge in [0.15, 0.2) is 5.69 Å². The van der Waals surface area contributed by atoms with Gasteiger partial charge in [0, 0.05) is 19.3 Å². The van der Waals surface area contributed by atoms with Crippen LogP contribution < -0.4 is 21.9 Å². The molecular weight excluding hydrogens is 366 g/mol. The average Bonchev–Trinajstić information content (AvgIpc) is 2.66. The van der Waals surface area contributed by atoms with E-state index in [1.165, 1.54) is 21.2 Å². The average molecular weight is 391 g/mol. The maximum absolute atomic E-state index is 13.2. The van der Waals surface area contributed by atoms with E-state index in [0.29, 0.717) is 30.1 Å². The Bertz CT molecular complexity index is 922. The minimum atomic E-state index is -0.665. The standard InChI is InChI=1S/C18H25N5O3S/c1-4-6-11-23-14(19)13(15(24)21-18(23)26)22(10-5-2)17(25)12-8-7-9-20-16(12)27-3/h7-9H,4-6,10-11,19H2,1-3H3,(H,21,24,26).